The molecule has 31 heavy (non-hydrogen) atoms. The van der Waals surface area contributed by atoms with E-state index >= 15 is 0 Å². The minimum Gasteiger partial charge on any atom is -0.355 e. The SMILES string of the molecule is CNC(=O)c1cccc(NC(=O)c2ccc3c(c2)C(=O)N(c2ccccc2C)C3=O)c1. The number of carbonyl (C=O) groups excluding carboxylic acids is 4. The number of hydrogen-bond acceptors (Lipinski definition) is 4. The molecule has 0 unspecified atom stereocenters. The lowest BCUT2D eigenvalue weighted by Crippen LogP contribution is -2.29. The largest absolute Gasteiger partial charge is 0.355 e. The highest BCUT2D eigenvalue weighted by Crippen LogP contribution is 2.31. The zero-order valence-corrected chi connectivity index (χ0v) is 16.9. The fraction of sp³-hybridized carbons (Fsp3) is 0.0833. The molecule has 1 aliphatic heterocycles. The molecule has 154 valence electrons. The number of carbonyl (C=O) groups is 4. The molecule has 3 aromatic rings. The molecule has 3 aromatic carbocycles. The first-order chi connectivity index (χ1) is 14.9. The van der Waals surface area contributed by atoms with Gasteiger partial charge in [-0.3, -0.25) is 19.2 Å². The summed E-state index contributed by atoms with van der Waals surface area (Å²) in [6.45, 7) is 1.82. The second kappa shape index (κ2) is 7.87. The van der Waals surface area contributed by atoms with Crippen molar-refractivity contribution < 1.29 is 19.2 Å². The summed E-state index contributed by atoms with van der Waals surface area (Å²) in [5.74, 6) is -1.61. The first kappa shape index (κ1) is 20.0. The number of amides is 4. The number of para-hydroxylation sites is 1. The van der Waals surface area contributed by atoms with Crippen LogP contribution in [0.5, 0.6) is 0 Å². The summed E-state index contributed by atoms with van der Waals surface area (Å²) < 4.78 is 0. The summed E-state index contributed by atoms with van der Waals surface area (Å²) in [6, 6.07) is 18.0. The van der Waals surface area contributed by atoms with Crippen molar-refractivity contribution in [2.24, 2.45) is 0 Å². The van der Waals surface area contributed by atoms with Gasteiger partial charge < -0.3 is 10.6 Å². The maximum absolute atomic E-state index is 13.0. The van der Waals surface area contributed by atoms with Crippen LogP contribution in [-0.2, 0) is 0 Å². The number of nitrogens with zero attached hydrogens (tertiary/aromatic N) is 1. The quantitative estimate of drug-likeness (QED) is 0.641. The van der Waals surface area contributed by atoms with Crippen molar-refractivity contribution in [2.75, 3.05) is 17.3 Å². The third-order valence-corrected chi connectivity index (χ3v) is 5.11. The number of imide groups is 1. The topological polar surface area (TPSA) is 95.6 Å². The summed E-state index contributed by atoms with van der Waals surface area (Å²) in [5.41, 5.74) is 2.83. The normalized spacial score (nSPS) is 12.5. The molecule has 1 aliphatic rings. The van der Waals surface area contributed by atoms with E-state index in [0.29, 0.717) is 16.9 Å². The zero-order valence-electron chi connectivity index (χ0n) is 16.9. The van der Waals surface area contributed by atoms with Crippen LogP contribution in [0.15, 0.2) is 66.7 Å². The molecule has 0 radical (unpaired) electrons. The van der Waals surface area contributed by atoms with Crippen LogP contribution < -0.4 is 15.5 Å². The molecule has 7 nitrogen and oxygen atoms in total. The van der Waals surface area contributed by atoms with Crippen LogP contribution in [0.1, 0.15) is 47.0 Å². The van der Waals surface area contributed by atoms with Crippen molar-refractivity contribution >= 4 is 35.0 Å². The minimum atomic E-state index is -0.467. The van der Waals surface area contributed by atoms with Crippen molar-refractivity contribution in [3.05, 3.63) is 94.5 Å². The van der Waals surface area contributed by atoms with Gasteiger partial charge in [0, 0.05) is 23.9 Å². The zero-order chi connectivity index (χ0) is 22.1. The average molecular weight is 413 g/mol. The van der Waals surface area contributed by atoms with E-state index in [1.54, 1.807) is 36.4 Å². The Morgan fingerprint density at radius 3 is 2.23 bits per heavy atom. The van der Waals surface area contributed by atoms with Crippen LogP contribution in [0.2, 0.25) is 0 Å². The molecular weight excluding hydrogens is 394 g/mol. The van der Waals surface area contributed by atoms with Gasteiger partial charge in [0.15, 0.2) is 0 Å². The number of rotatable bonds is 4. The van der Waals surface area contributed by atoms with E-state index in [2.05, 4.69) is 10.6 Å². The van der Waals surface area contributed by atoms with Crippen molar-refractivity contribution in [3.63, 3.8) is 0 Å². The lowest BCUT2D eigenvalue weighted by atomic mass is 10.1. The summed E-state index contributed by atoms with van der Waals surface area (Å²) in [4.78, 5) is 51.5. The van der Waals surface area contributed by atoms with Gasteiger partial charge in [0.1, 0.15) is 0 Å². The summed E-state index contributed by atoms with van der Waals surface area (Å²) in [5, 5.41) is 5.24. The van der Waals surface area contributed by atoms with Gasteiger partial charge in [-0.2, -0.15) is 0 Å². The Labute approximate surface area is 178 Å². The second-order valence-electron chi connectivity index (χ2n) is 7.11. The Morgan fingerprint density at radius 2 is 1.48 bits per heavy atom. The van der Waals surface area contributed by atoms with E-state index in [0.717, 1.165) is 10.5 Å². The lowest BCUT2D eigenvalue weighted by molar-refractivity contribution is 0.0922. The fourth-order valence-electron chi connectivity index (χ4n) is 3.50. The number of aryl methyl sites for hydroxylation is 1. The second-order valence-corrected chi connectivity index (χ2v) is 7.11. The molecular formula is C24H19N3O4. The van der Waals surface area contributed by atoms with Crippen LogP contribution in [0.4, 0.5) is 11.4 Å². The Balaban J connectivity index is 1.61. The number of benzene rings is 3. The molecule has 0 spiro atoms. The average Bonchev–Trinajstić information content (AvgIpc) is 3.03. The predicted octanol–water partition coefficient (Wildman–Crippen LogP) is 3.41. The summed E-state index contributed by atoms with van der Waals surface area (Å²) >= 11 is 0. The molecule has 1 heterocycles. The van der Waals surface area contributed by atoms with E-state index < -0.39 is 17.7 Å². The first-order valence-electron chi connectivity index (χ1n) is 9.62. The molecule has 0 aliphatic carbocycles. The molecule has 7 heteroatoms. The molecule has 0 atom stereocenters. The van der Waals surface area contributed by atoms with Crippen LogP contribution in [0.25, 0.3) is 0 Å². The highest BCUT2D eigenvalue weighted by molar-refractivity contribution is 6.35. The van der Waals surface area contributed by atoms with Crippen molar-refractivity contribution in [2.45, 2.75) is 6.92 Å². The number of anilines is 2. The number of nitrogens with one attached hydrogen (secondary N) is 2. The first-order valence-corrected chi connectivity index (χ1v) is 9.62. The van der Waals surface area contributed by atoms with E-state index in [9.17, 15) is 19.2 Å². The van der Waals surface area contributed by atoms with E-state index in [4.69, 9.17) is 0 Å². The van der Waals surface area contributed by atoms with Gasteiger partial charge in [0.2, 0.25) is 0 Å². The molecule has 4 amide bonds. The highest BCUT2D eigenvalue weighted by atomic mass is 16.2. The smallest absolute Gasteiger partial charge is 0.266 e. The highest BCUT2D eigenvalue weighted by Gasteiger charge is 2.37. The van der Waals surface area contributed by atoms with Gasteiger partial charge in [-0.15, -0.1) is 0 Å². The minimum absolute atomic E-state index is 0.181. The van der Waals surface area contributed by atoms with Crippen molar-refractivity contribution in [1.82, 2.24) is 5.32 Å². The van der Waals surface area contributed by atoms with Gasteiger partial charge in [-0.25, -0.2) is 4.90 Å². The Kier molecular flexibility index (Phi) is 5.09. The summed E-state index contributed by atoms with van der Waals surface area (Å²) in [7, 11) is 1.52. The molecule has 4 rings (SSSR count). The molecule has 0 fully saturated rings. The number of fused-ring (bicyclic) bond motifs is 1. The Bertz CT molecular complexity index is 1250. The standard InChI is InChI=1S/C24H19N3O4/c1-14-6-3-4-9-20(14)27-23(30)18-11-10-16(13-19(18)24(27)31)22(29)26-17-8-5-7-15(12-17)21(28)25-2/h3-13H,1-2H3,(H,25,28)(H,26,29). The Morgan fingerprint density at radius 1 is 0.774 bits per heavy atom. The third kappa shape index (κ3) is 3.57. The van der Waals surface area contributed by atoms with E-state index in [1.165, 1.54) is 25.2 Å². The molecule has 0 saturated heterocycles. The maximum atomic E-state index is 13.0. The van der Waals surface area contributed by atoms with Crippen molar-refractivity contribution in [1.29, 1.82) is 0 Å². The van der Waals surface area contributed by atoms with E-state index in [-0.39, 0.29) is 22.6 Å². The molecule has 0 bridgehead atoms. The monoisotopic (exact) mass is 413 g/mol. The number of hydrogen-bond donors (Lipinski definition) is 2. The van der Waals surface area contributed by atoms with Crippen molar-refractivity contribution in [3.8, 4) is 0 Å². The van der Waals surface area contributed by atoms with Crippen LogP contribution in [0.3, 0.4) is 0 Å². The molecule has 2 N–H and O–H groups in total. The van der Waals surface area contributed by atoms with Crippen LogP contribution >= 0.6 is 0 Å². The lowest BCUT2D eigenvalue weighted by Gasteiger charge is -2.16. The Hall–Kier alpha value is -4.26. The third-order valence-electron chi connectivity index (χ3n) is 5.11. The fourth-order valence-corrected chi connectivity index (χ4v) is 3.50. The van der Waals surface area contributed by atoms with Gasteiger partial charge in [-0.1, -0.05) is 24.3 Å². The van der Waals surface area contributed by atoms with Gasteiger partial charge in [0.25, 0.3) is 23.6 Å². The predicted molar refractivity (Wildman–Crippen MR) is 117 cm³/mol. The maximum Gasteiger partial charge on any atom is 0.266 e. The van der Waals surface area contributed by atoms with Gasteiger partial charge in [-0.05, 0) is 55.0 Å². The summed E-state index contributed by atoms with van der Waals surface area (Å²) in [6.07, 6.45) is 0. The van der Waals surface area contributed by atoms with Crippen LogP contribution in [-0.4, -0.2) is 30.7 Å². The molecule has 0 aromatic heterocycles. The van der Waals surface area contributed by atoms with Gasteiger partial charge in [0.05, 0.1) is 16.8 Å². The van der Waals surface area contributed by atoms with Crippen LogP contribution in [0, 0.1) is 6.92 Å². The molecule has 0 saturated carbocycles. The van der Waals surface area contributed by atoms with E-state index in [1.807, 2.05) is 19.1 Å². The van der Waals surface area contributed by atoms with Gasteiger partial charge >= 0.3 is 0 Å².